The molecule has 1 amide bonds. The first-order valence-corrected chi connectivity index (χ1v) is 3.97. The van der Waals surface area contributed by atoms with Gasteiger partial charge in [-0.15, -0.1) is 0 Å². The summed E-state index contributed by atoms with van der Waals surface area (Å²) in [5.74, 6) is -1.25. The maximum Gasteiger partial charge on any atom is 0.335 e. The van der Waals surface area contributed by atoms with Crippen LogP contribution in [0.25, 0.3) is 5.70 Å². The molecule has 0 aromatic heterocycles. The first-order chi connectivity index (χ1) is 6.59. The van der Waals surface area contributed by atoms with Gasteiger partial charge in [-0.25, -0.2) is 4.79 Å². The van der Waals surface area contributed by atoms with E-state index in [0.717, 1.165) is 0 Å². The lowest BCUT2D eigenvalue weighted by atomic mass is 10.0. The van der Waals surface area contributed by atoms with Gasteiger partial charge in [-0.1, -0.05) is 6.58 Å². The maximum atomic E-state index is 11.2. The second-order valence-corrected chi connectivity index (χ2v) is 3.00. The third-order valence-corrected chi connectivity index (χ3v) is 2.10. The second-order valence-electron chi connectivity index (χ2n) is 3.00. The summed E-state index contributed by atoms with van der Waals surface area (Å²) in [6.07, 6.45) is 0. The summed E-state index contributed by atoms with van der Waals surface area (Å²) in [5, 5.41) is 11.3. The van der Waals surface area contributed by atoms with Crippen molar-refractivity contribution < 1.29 is 14.7 Å². The summed E-state index contributed by atoms with van der Waals surface area (Å²) in [7, 11) is 0. The lowest BCUT2D eigenvalue weighted by Crippen LogP contribution is -2.11. The Balaban J connectivity index is 2.61. The minimum atomic E-state index is -1.01. The fraction of sp³-hybridized carbons (Fsp3) is 0. The third-order valence-electron chi connectivity index (χ3n) is 2.10. The summed E-state index contributed by atoms with van der Waals surface area (Å²) in [6, 6.07) is 4.34. The monoisotopic (exact) mass is 189 g/mol. The molecule has 2 rings (SSSR count). The Morgan fingerprint density at radius 2 is 2.07 bits per heavy atom. The van der Waals surface area contributed by atoms with Crippen LogP contribution >= 0.6 is 0 Å². The van der Waals surface area contributed by atoms with Gasteiger partial charge in [-0.2, -0.15) is 0 Å². The van der Waals surface area contributed by atoms with Crippen molar-refractivity contribution in [1.29, 1.82) is 0 Å². The van der Waals surface area contributed by atoms with Gasteiger partial charge >= 0.3 is 5.97 Å². The zero-order valence-electron chi connectivity index (χ0n) is 7.20. The van der Waals surface area contributed by atoms with Crippen LogP contribution in [0.2, 0.25) is 0 Å². The molecule has 70 valence electrons. The molecule has 0 saturated heterocycles. The number of hydrogen-bond acceptors (Lipinski definition) is 2. The van der Waals surface area contributed by atoms with Crippen LogP contribution in [-0.2, 0) is 0 Å². The molecule has 1 aliphatic rings. The van der Waals surface area contributed by atoms with E-state index >= 15 is 0 Å². The molecule has 0 aliphatic carbocycles. The fourth-order valence-corrected chi connectivity index (χ4v) is 1.40. The van der Waals surface area contributed by atoms with Gasteiger partial charge in [0.05, 0.1) is 5.56 Å². The molecule has 0 saturated carbocycles. The van der Waals surface area contributed by atoms with Gasteiger partial charge in [-0.3, -0.25) is 4.79 Å². The molecule has 1 heterocycles. The molecule has 0 bridgehead atoms. The van der Waals surface area contributed by atoms with Crippen molar-refractivity contribution in [3.8, 4) is 0 Å². The molecule has 0 unspecified atom stereocenters. The Bertz CT molecular complexity index is 462. The molecule has 14 heavy (non-hydrogen) atoms. The summed E-state index contributed by atoms with van der Waals surface area (Å²) in [4.78, 5) is 21.9. The van der Waals surface area contributed by atoms with E-state index in [4.69, 9.17) is 5.11 Å². The average molecular weight is 189 g/mol. The molecule has 1 aliphatic heterocycles. The van der Waals surface area contributed by atoms with Crippen LogP contribution in [0.1, 0.15) is 26.3 Å². The molecular formula is C10H7NO3. The standard InChI is InChI=1S/C10H7NO3/c1-5-8-4-6(10(13)14)2-3-7(8)9(12)11-5/h2-4H,1H2,(H,11,12)(H,13,14). The van der Waals surface area contributed by atoms with Gasteiger partial charge in [0.15, 0.2) is 0 Å². The maximum absolute atomic E-state index is 11.2. The zero-order chi connectivity index (χ0) is 10.3. The fourth-order valence-electron chi connectivity index (χ4n) is 1.40. The van der Waals surface area contributed by atoms with Gasteiger partial charge in [0.1, 0.15) is 0 Å². The van der Waals surface area contributed by atoms with Crippen molar-refractivity contribution in [1.82, 2.24) is 5.32 Å². The number of carboxylic acids is 1. The van der Waals surface area contributed by atoms with Crippen LogP contribution in [0.4, 0.5) is 0 Å². The highest BCUT2D eigenvalue weighted by molar-refractivity contribution is 6.09. The summed E-state index contributed by atoms with van der Waals surface area (Å²) >= 11 is 0. The van der Waals surface area contributed by atoms with Crippen molar-refractivity contribution in [3.05, 3.63) is 41.5 Å². The van der Waals surface area contributed by atoms with Gasteiger partial charge in [0, 0.05) is 16.8 Å². The van der Waals surface area contributed by atoms with Crippen molar-refractivity contribution >= 4 is 17.6 Å². The number of carbonyl (C=O) groups excluding carboxylic acids is 1. The van der Waals surface area contributed by atoms with Crippen LogP contribution < -0.4 is 5.32 Å². The molecule has 4 heteroatoms. The van der Waals surface area contributed by atoms with Gasteiger partial charge in [-0.05, 0) is 18.2 Å². The number of carboxylic acid groups (broad SMARTS) is 1. The molecule has 0 radical (unpaired) electrons. The molecule has 2 N–H and O–H groups in total. The normalized spacial score (nSPS) is 13.7. The number of fused-ring (bicyclic) bond motifs is 1. The van der Waals surface area contributed by atoms with E-state index in [9.17, 15) is 9.59 Å². The van der Waals surface area contributed by atoms with Crippen LogP contribution in [-0.4, -0.2) is 17.0 Å². The predicted octanol–water partition coefficient (Wildman–Crippen LogP) is 1.10. The van der Waals surface area contributed by atoms with Crippen molar-refractivity contribution in [2.24, 2.45) is 0 Å². The van der Waals surface area contributed by atoms with Crippen LogP contribution in [0.15, 0.2) is 24.8 Å². The van der Waals surface area contributed by atoms with E-state index in [2.05, 4.69) is 11.9 Å². The number of carbonyl (C=O) groups is 2. The van der Waals surface area contributed by atoms with Crippen molar-refractivity contribution in [2.45, 2.75) is 0 Å². The van der Waals surface area contributed by atoms with E-state index in [0.29, 0.717) is 16.8 Å². The van der Waals surface area contributed by atoms with E-state index in [1.54, 1.807) is 0 Å². The third kappa shape index (κ3) is 1.08. The summed E-state index contributed by atoms with van der Waals surface area (Å²) in [5.41, 5.74) is 1.64. The lowest BCUT2D eigenvalue weighted by Gasteiger charge is -1.98. The Hall–Kier alpha value is -2.10. The first-order valence-electron chi connectivity index (χ1n) is 3.97. The topological polar surface area (TPSA) is 66.4 Å². The Morgan fingerprint density at radius 1 is 1.36 bits per heavy atom. The highest BCUT2D eigenvalue weighted by atomic mass is 16.4. The number of amides is 1. The molecule has 0 fully saturated rings. The molecule has 0 spiro atoms. The SMILES string of the molecule is C=C1NC(=O)c2ccc(C(=O)O)cc21. The summed E-state index contributed by atoms with van der Waals surface area (Å²) in [6.45, 7) is 3.62. The van der Waals surface area contributed by atoms with Crippen molar-refractivity contribution in [2.75, 3.05) is 0 Å². The van der Waals surface area contributed by atoms with Gasteiger partial charge in [0.25, 0.3) is 5.91 Å². The molecule has 0 atom stereocenters. The molecule has 1 aromatic carbocycles. The summed E-state index contributed by atoms with van der Waals surface area (Å²) < 4.78 is 0. The van der Waals surface area contributed by atoms with Crippen LogP contribution in [0.5, 0.6) is 0 Å². The minimum absolute atomic E-state index is 0.154. The average Bonchev–Trinajstić information content (AvgIpc) is 2.42. The number of rotatable bonds is 1. The first kappa shape index (κ1) is 8.50. The Labute approximate surface area is 79.9 Å². The van der Waals surface area contributed by atoms with E-state index in [-0.39, 0.29) is 11.5 Å². The van der Waals surface area contributed by atoms with Gasteiger partial charge < -0.3 is 10.4 Å². The molecule has 4 nitrogen and oxygen atoms in total. The number of aromatic carboxylic acids is 1. The van der Waals surface area contributed by atoms with E-state index in [1.807, 2.05) is 0 Å². The van der Waals surface area contributed by atoms with Crippen LogP contribution in [0, 0.1) is 0 Å². The minimum Gasteiger partial charge on any atom is -0.478 e. The number of benzene rings is 1. The van der Waals surface area contributed by atoms with E-state index < -0.39 is 5.97 Å². The number of hydrogen-bond donors (Lipinski definition) is 2. The van der Waals surface area contributed by atoms with Crippen molar-refractivity contribution in [3.63, 3.8) is 0 Å². The second kappa shape index (κ2) is 2.70. The largest absolute Gasteiger partial charge is 0.478 e. The number of nitrogens with one attached hydrogen (secondary N) is 1. The quantitative estimate of drug-likeness (QED) is 0.695. The highest BCUT2D eigenvalue weighted by Gasteiger charge is 2.22. The zero-order valence-corrected chi connectivity index (χ0v) is 7.20. The highest BCUT2D eigenvalue weighted by Crippen LogP contribution is 2.23. The van der Waals surface area contributed by atoms with E-state index in [1.165, 1.54) is 18.2 Å². The predicted molar refractivity (Wildman–Crippen MR) is 49.9 cm³/mol. The molecule has 1 aromatic rings. The smallest absolute Gasteiger partial charge is 0.335 e. The molecular weight excluding hydrogens is 182 g/mol. The lowest BCUT2D eigenvalue weighted by molar-refractivity contribution is 0.0696. The van der Waals surface area contributed by atoms with Gasteiger partial charge in [0.2, 0.25) is 0 Å². The van der Waals surface area contributed by atoms with Crippen LogP contribution in [0.3, 0.4) is 0 Å². The Kier molecular flexibility index (Phi) is 1.64. The Morgan fingerprint density at radius 3 is 2.71 bits per heavy atom.